The second-order valence-electron chi connectivity index (χ2n) is 5.74. The Morgan fingerprint density at radius 1 is 1.05 bits per heavy atom. The number of hydrogen-bond donors (Lipinski definition) is 2. The number of carbonyl (C=O) groups is 1. The minimum atomic E-state index is -0.204. The molecule has 3 rings (SSSR count). The van der Waals surface area contributed by atoms with Crippen LogP contribution in [0.5, 0.6) is 0 Å². The van der Waals surface area contributed by atoms with Crippen molar-refractivity contribution >= 4 is 5.91 Å². The van der Waals surface area contributed by atoms with Crippen molar-refractivity contribution in [2.75, 3.05) is 6.54 Å². The van der Waals surface area contributed by atoms with E-state index in [1.54, 1.807) is 0 Å². The van der Waals surface area contributed by atoms with Crippen molar-refractivity contribution < 1.29 is 4.79 Å². The van der Waals surface area contributed by atoms with Crippen molar-refractivity contribution in [2.24, 2.45) is 5.73 Å². The summed E-state index contributed by atoms with van der Waals surface area (Å²) in [4.78, 5) is 11.9. The molecular weight excluding hydrogens is 260 g/mol. The van der Waals surface area contributed by atoms with E-state index in [0.29, 0.717) is 6.54 Å². The summed E-state index contributed by atoms with van der Waals surface area (Å²) < 4.78 is 0. The lowest BCUT2D eigenvalue weighted by molar-refractivity contribution is 0.0946. The summed E-state index contributed by atoms with van der Waals surface area (Å²) in [6.45, 7) is 4.90. The minimum absolute atomic E-state index is 0.00499. The van der Waals surface area contributed by atoms with Gasteiger partial charge in [-0.15, -0.1) is 0 Å². The number of hydrogen-bond acceptors (Lipinski definition) is 2. The van der Waals surface area contributed by atoms with Gasteiger partial charge in [-0.1, -0.05) is 30.3 Å². The first-order valence-corrected chi connectivity index (χ1v) is 7.30. The van der Waals surface area contributed by atoms with Crippen LogP contribution in [-0.2, 0) is 6.42 Å². The lowest BCUT2D eigenvalue weighted by Gasteiger charge is -2.20. The number of benzene rings is 2. The van der Waals surface area contributed by atoms with E-state index in [-0.39, 0.29) is 11.9 Å². The van der Waals surface area contributed by atoms with Crippen LogP contribution in [0.15, 0.2) is 36.4 Å². The lowest BCUT2D eigenvalue weighted by Crippen LogP contribution is -2.32. The minimum Gasteiger partial charge on any atom is -0.352 e. The van der Waals surface area contributed by atoms with Crippen molar-refractivity contribution in [1.29, 1.82) is 0 Å². The second kappa shape index (κ2) is 5.34. The van der Waals surface area contributed by atoms with Crippen molar-refractivity contribution in [3.8, 4) is 0 Å². The fourth-order valence-corrected chi connectivity index (χ4v) is 2.77. The molecule has 0 bridgehead atoms. The van der Waals surface area contributed by atoms with E-state index in [2.05, 4.69) is 37.4 Å². The number of nitrogens with two attached hydrogens (primary N) is 1. The highest BCUT2D eigenvalue weighted by Crippen LogP contribution is 2.25. The average Bonchev–Trinajstić information content (AvgIpc) is 2.49. The van der Waals surface area contributed by atoms with Crippen LogP contribution < -0.4 is 11.1 Å². The van der Waals surface area contributed by atoms with Gasteiger partial charge in [0.15, 0.2) is 0 Å². The molecule has 21 heavy (non-hydrogen) atoms. The molecule has 1 amide bonds. The van der Waals surface area contributed by atoms with E-state index in [9.17, 15) is 4.79 Å². The van der Waals surface area contributed by atoms with Crippen LogP contribution in [0.25, 0.3) is 0 Å². The summed E-state index contributed by atoms with van der Waals surface area (Å²) in [5, 5.41) is 2.88. The quantitative estimate of drug-likeness (QED) is 0.888. The first-order valence-electron chi connectivity index (χ1n) is 7.30. The third-order valence-corrected chi connectivity index (χ3v) is 4.31. The fraction of sp³-hybridized carbons (Fsp3) is 0.278. The van der Waals surface area contributed by atoms with E-state index >= 15 is 0 Å². The Hall–Kier alpha value is -2.13. The molecular formula is C18H20N2O. The maximum absolute atomic E-state index is 11.9. The third-order valence-electron chi connectivity index (χ3n) is 4.31. The smallest absolute Gasteiger partial charge is 0.251 e. The summed E-state index contributed by atoms with van der Waals surface area (Å²) in [5.41, 5.74) is 12.8. The molecule has 1 aliphatic rings. The summed E-state index contributed by atoms with van der Waals surface area (Å²) in [6, 6.07) is 12.1. The van der Waals surface area contributed by atoms with Crippen LogP contribution >= 0.6 is 0 Å². The average molecular weight is 280 g/mol. The van der Waals surface area contributed by atoms with E-state index < -0.39 is 0 Å². The van der Waals surface area contributed by atoms with Gasteiger partial charge in [0, 0.05) is 12.1 Å². The van der Waals surface area contributed by atoms with E-state index in [1.807, 2.05) is 18.2 Å². The Morgan fingerprint density at radius 2 is 1.76 bits per heavy atom. The zero-order chi connectivity index (χ0) is 15.0. The molecule has 1 heterocycles. The number of fused-ring (bicyclic) bond motifs is 1. The Kier molecular flexibility index (Phi) is 3.52. The third kappa shape index (κ3) is 2.57. The molecule has 1 unspecified atom stereocenters. The van der Waals surface area contributed by atoms with E-state index in [1.165, 1.54) is 11.1 Å². The molecule has 0 fully saturated rings. The van der Waals surface area contributed by atoms with Crippen molar-refractivity contribution in [3.05, 3.63) is 69.8 Å². The van der Waals surface area contributed by atoms with Crippen LogP contribution in [0.2, 0.25) is 0 Å². The van der Waals surface area contributed by atoms with Crippen molar-refractivity contribution in [3.63, 3.8) is 0 Å². The number of aryl methyl sites for hydroxylation is 2. The van der Waals surface area contributed by atoms with Gasteiger partial charge in [0.25, 0.3) is 5.91 Å². The fourth-order valence-electron chi connectivity index (χ4n) is 2.77. The summed E-state index contributed by atoms with van der Waals surface area (Å²) in [6.07, 6.45) is 0.889. The monoisotopic (exact) mass is 280 g/mol. The molecule has 108 valence electrons. The standard InChI is InChI=1S/C18H20N2O/c1-11-3-4-14(9-12(11)2)17(19)15-6-5-13-7-8-20-18(21)16(13)10-15/h3-6,9-10,17H,7-8,19H2,1-2H3,(H,20,21). The summed E-state index contributed by atoms with van der Waals surface area (Å²) >= 11 is 0. The van der Waals surface area contributed by atoms with Crippen LogP contribution in [0, 0.1) is 13.8 Å². The number of rotatable bonds is 2. The van der Waals surface area contributed by atoms with Gasteiger partial charge in [-0.05, 0) is 54.2 Å². The van der Waals surface area contributed by atoms with E-state index in [0.717, 1.165) is 28.7 Å². The van der Waals surface area contributed by atoms with Crippen LogP contribution in [0.1, 0.15) is 44.2 Å². The van der Waals surface area contributed by atoms with Crippen LogP contribution in [0.3, 0.4) is 0 Å². The molecule has 3 nitrogen and oxygen atoms in total. The van der Waals surface area contributed by atoms with E-state index in [4.69, 9.17) is 5.73 Å². The molecule has 3 N–H and O–H groups in total. The second-order valence-corrected chi connectivity index (χ2v) is 5.74. The topological polar surface area (TPSA) is 55.1 Å². The molecule has 2 aromatic carbocycles. The zero-order valence-corrected chi connectivity index (χ0v) is 12.4. The van der Waals surface area contributed by atoms with Gasteiger partial charge in [0.2, 0.25) is 0 Å². The summed E-state index contributed by atoms with van der Waals surface area (Å²) in [7, 11) is 0. The number of nitrogens with one attached hydrogen (secondary N) is 1. The zero-order valence-electron chi connectivity index (χ0n) is 12.4. The van der Waals surface area contributed by atoms with Crippen LogP contribution in [-0.4, -0.2) is 12.5 Å². The van der Waals surface area contributed by atoms with Gasteiger partial charge in [0.05, 0.1) is 6.04 Å². The molecule has 0 spiro atoms. The first-order chi connectivity index (χ1) is 10.1. The number of carbonyl (C=O) groups excluding carboxylic acids is 1. The normalized spacial score (nSPS) is 15.3. The van der Waals surface area contributed by atoms with Gasteiger partial charge >= 0.3 is 0 Å². The Labute approximate surface area is 125 Å². The highest BCUT2D eigenvalue weighted by Gasteiger charge is 2.19. The molecule has 3 heteroatoms. The van der Waals surface area contributed by atoms with Gasteiger partial charge in [-0.25, -0.2) is 0 Å². The highest BCUT2D eigenvalue weighted by molar-refractivity contribution is 5.96. The predicted octanol–water partition coefficient (Wildman–Crippen LogP) is 2.64. The molecule has 0 aliphatic carbocycles. The van der Waals surface area contributed by atoms with Gasteiger partial charge in [-0.3, -0.25) is 4.79 Å². The maximum atomic E-state index is 11.9. The van der Waals surface area contributed by atoms with Gasteiger partial charge in [0.1, 0.15) is 0 Å². The van der Waals surface area contributed by atoms with Gasteiger partial charge in [-0.2, -0.15) is 0 Å². The Bertz CT molecular complexity index is 706. The Morgan fingerprint density at radius 3 is 2.52 bits per heavy atom. The van der Waals surface area contributed by atoms with Crippen molar-refractivity contribution in [2.45, 2.75) is 26.3 Å². The molecule has 0 saturated carbocycles. The summed E-state index contributed by atoms with van der Waals surface area (Å²) in [5.74, 6) is 0.00499. The SMILES string of the molecule is Cc1ccc(C(N)c2ccc3c(c2)C(=O)NCC3)cc1C. The molecule has 1 aliphatic heterocycles. The van der Waals surface area contributed by atoms with Crippen LogP contribution in [0.4, 0.5) is 0 Å². The maximum Gasteiger partial charge on any atom is 0.251 e. The molecule has 0 radical (unpaired) electrons. The van der Waals surface area contributed by atoms with Gasteiger partial charge < -0.3 is 11.1 Å². The number of amides is 1. The van der Waals surface area contributed by atoms with Crippen molar-refractivity contribution in [1.82, 2.24) is 5.32 Å². The molecule has 1 atom stereocenters. The molecule has 0 aromatic heterocycles. The molecule has 2 aromatic rings. The molecule has 0 saturated heterocycles. The first kappa shape index (κ1) is 13.8. The lowest BCUT2D eigenvalue weighted by atomic mass is 9.92. The Balaban J connectivity index is 1.98. The largest absolute Gasteiger partial charge is 0.352 e. The highest BCUT2D eigenvalue weighted by atomic mass is 16.1. The predicted molar refractivity (Wildman–Crippen MR) is 84.4 cm³/mol.